The predicted octanol–water partition coefficient (Wildman–Crippen LogP) is 2.99. The van der Waals surface area contributed by atoms with Crippen molar-refractivity contribution in [1.82, 2.24) is 0 Å². The molecule has 0 saturated heterocycles. The van der Waals surface area contributed by atoms with Gasteiger partial charge in [0.15, 0.2) is 6.10 Å². The van der Waals surface area contributed by atoms with E-state index in [2.05, 4.69) is 0 Å². The van der Waals surface area contributed by atoms with Crippen molar-refractivity contribution in [2.45, 2.75) is 13.0 Å². The van der Waals surface area contributed by atoms with Gasteiger partial charge in [-0.05, 0) is 43.3 Å². The van der Waals surface area contributed by atoms with Crippen molar-refractivity contribution in [3.63, 3.8) is 0 Å². The minimum absolute atomic E-state index is 0.134. The van der Waals surface area contributed by atoms with E-state index >= 15 is 0 Å². The summed E-state index contributed by atoms with van der Waals surface area (Å²) in [7, 11) is 1.72. The number of hydrogen-bond donors (Lipinski definition) is 0. The summed E-state index contributed by atoms with van der Waals surface area (Å²) in [4.78, 5) is 13.9. The number of carbonyl (C=O) groups is 1. The summed E-state index contributed by atoms with van der Waals surface area (Å²) in [6.45, 7) is 1.71. The standard InChI is InChI=1S/C17H16N2O2/c1-13(21-16-10-8-14(12-18)9-11-16)17(20)19(2)15-6-4-3-5-7-15/h3-11,13H,1-2H3/t13-/m0/s1. The van der Waals surface area contributed by atoms with Gasteiger partial charge in [-0.1, -0.05) is 18.2 Å². The molecule has 0 radical (unpaired) electrons. The molecule has 0 fully saturated rings. The van der Waals surface area contributed by atoms with Crippen LogP contribution in [0.15, 0.2) is 54.6 Å². The molecule has 0 aromatic heterocycles. The van der Waals surface area contributed by atoms with Crippen molar-refractivity contribution in [3.8, 4) is 11.8 Å². The molecule has 0 bridgehead atoms. The van der Waals surface area contributed by atoms with Crippen LogP contribution in [0.3, 0.4) is 0 Å². The summed E-state index contributed by atoms with van der Waals surface area (Å²) in [5.41, 5.74) is 1.38. The summed E-state index contributed by atoms with van der Waals surface area (Å²) in [6.07, 6.45) is -0.608. The first-order valence-corrected chi connectivity index (χ1v) is 6.61. The highest BCUT2D eigenvalue weighted by Gasteiger charge is 2.20. The number of amides is 1. The molecule has 0 saturated carbocycles. The Bertz CT molecular complexity index is 645. The van der Waals surface area contributed by atoms with E-state index in [0.717, 1.165) is 5.69 Å². The summed E-state index contributed by atoms with van der Waals surface area (Å²) in [5, 5.41) is 8.75. The smallest absolute Gasteiger partial charge is 0.267 e. The third-order valence-electron chi connectivity index (χ3n) is 3.12. The third-order valence-corrected chi connectivity index (χ3v) is 3.12. The molecule has 1 amide bonds. The van der Waals surface area contributed by atoms with Crippen LogP contribution in [0.4, 0.5) is 5.69 Å². The van der Waals surface area contributed by atoms with Crippen LogP contribution in [0.1, 0.15) is 12.5 Å². The maximum Gasteiger partial charge on any atom is 0.267 e. The monoisotopic (exact) mass is 280 g/mol. The second kappa shape index (κ2) is 6.58. The molecule has 0 aliphatic heterocycles. The van der Waals surface area contributed by atoms with E-state index in [1.807, 2.05) is 36.4 Å². The van der Waals surface area contributed by atoms with E-state index in [9.17, 15) is 4.79 Å². The van der Waals surface area contributed by atoms with Crippen LogP contribution in [0.2, 0.25) is 0 Å². The molecule has 0 aliphatic carbocycles. The van der Waals surface area contributed by atoms with Crippen LogP contribution >= 0.6 is 0 Å². The lowest BCUT2D eigenvalue weighted by Crippen LogP contribution is -2.37. The van der Waals surface area contributed by atoms with Crippen LogP contribution in [0.5, 0.6) is 5.75 Å². The van der Waals surface area contributed by atoms with Crippen molar-refractivity contribution in [3.05, 3.63) is 60.2 Å². The highest BCUT2D eigenvalue weighted by atomic mass is 16.5. The maximum atomic E-state index is 12.3. The van der Waals surface area contributed by atoms with E-state index in [1.165, 1.54) is 0 Å². The molecule has 1 atom stereocenters. The van der Waals surface area contributed by atoms with Crippen molar-refractivity contribution >= 4 is 11.6 Å². The van der Waals surface area contributed by atoms with Crippen LogP contribution in [-0.4, -0.2) is 19.1 Å². The molecule has 106 valence electrons. The Kier molecular flexibility index (Phi) is 4.57. The first kappa shape index (κ1) is 14.6. The molecular weight excluding hydrogens is 264 g/mol. The zero-order valence-corrected chi connectivity index (χ0v) is 12.0. The van der Waals surface area contributed by atoms with Crippen LogP contribution < -0.4 is 9.64 Å². The molecule has 0 spiro atoms. The minimum atomic E-state index is -0.608. The Labute approximate surface area is 124 Å². The van der Waals surface area contributed by atoms with Gasteiger partial charge in [0.05, 0.1) is 11.6 Å². The van der Waals surface area contributed by atoms with Gasteiger partial charge in [-0.15, -0.1) is 0 Å². The van der Waals surface area contributed by atoms with Crippen molar-refractivity contribution in [2.75, 3.05) is 11.9 Å². The van der Waals surface area contributed by atoms with Crippen LogP contribution in [-0.2, 0) is 4.79 Å². The fraction of sp³-hybridized carbons (Fsp3) is 0.176. The third kappa shape index (κ3) is 3.61. The van der Waals surface area contributed by atoms with E-state index in [0.29, 0.717) is 11.3 Å². The highest BCUT2D eigenvalue weighted by molar-refractivity contribution is 5.95. The zero-order chi connectivity index (χ0) is 15.2. The molecule has 2 aromatic rings. The Balaban J connectivity index is 2.03. The second-order valence-corrected chi connectivity index (χ2v) is 4.63. The number of ether oxygens (including phenoxy) is 1. The molecule has 4 heteroatoms. The Morgan fingerprint density at radius 1 is 1.14 bits per heavy atom. The minimum Gasteiger partial charge on any atom is -0.481 e. The molecule has 2 aromatic carbocycles. The molecule has 4 nitrogen and oxygen atoms in total. The topological polar surface area (TPSA) is 53.3 Å². The second-order valence-electron chi connectivity index (χ2n) is 4.63. The van der Waals surface area contributed by atoms with Gasteiger partial charge >= 0.3 is 0 Å². The van der Waals surface area contributed by atoms with Gasteiger partial charge in [0.2, 0.25) is 0 Å². The normalized spacial score (nSPS) is 11.3. The number of likely N-dealkylation sites (N-methyl/N-ethyl adjacent to an activating group) is 1. The van der Waals surface area contributed by atoms with E-state index in [-0.39, 0.29) is 5.91 Å². The van der Waals surface area contributed by atoms with E-state index < -0.39 is 6.10 Å². The molecule has 0 aliphatic rings. The Hall–Kier alpha value is -2.80. The fourth-order valence-corrected chi connectivity index (χ4v) is 1.91. The SMILES string of the molecule is C[C@H](Oc1ccc(C#N)cc1)C(=O)N(C)c1ccccc1. The predicted molar refractivity (Wildman–Crippen MR) is 81.1 cm³/mol. The average Bonchev–Trinajstić information content (AvgIpc) is 2.55. The number of benzene rings is 2. The molecule has 0 N–H and O–H groups in total. The fourth-order valence-electron chi connectivity index (χ4n) is 1.91. The Morgan fingerprint density at radius 2 is 1.76 bits per heavy atom. The lowest BCUT2D eigenvalue weighted by atomic mass is 10.2. The first-order valence-electron chi connectivity index (χ1n) is 6.61. The van der Waals surface area contributed by atoms with Gasteiger partial charge in [-0.25, -0.2) is 0 Å². The average molecular weight is 280 g/mol. The number of carbonyl (C=O) groups excluding carboxylic acids is 1. The van der Waals surface area contributed by atoms with Gasteiger partial charge in [0.25, 0.3) is 5.91 Å². The molecule has 2 rings (SSSR count). The number of nitriles is 1. The van der Waals surface area contributed by atoms with E-state index in [1.54, 1.807) is 43.1 Å². The summed E-state index contributed by atoms with van der Waals surface area (Å²) in [6, 6.07) is 18.1. The quantitative estimate of drug-likeness (QED) is 0.865. The number of para-hydroxylation sites is 1. The Morgan fingerprint density at radius 3 is 2.33 bits per heavy atom. The maximum absolute atomic E-state index is 12.3. The van der Waals surface area contributed by atoms with Crippen molar-refractivity contribution in [2.24, 2.45) is 0 Å². The summed E-state index contributed by atoms with van der Waals surface area (Å²) >= 11 is 0. The number of hydrogen-bond acceptors (Lipinski definition) is 3. The van der Waals surface area contributed by atoms with Gasteiger partial charge in [0.1, 0.15) is 5.75 Å². The first-order chi connectivity index (χ1) is 10.1. The largest absolute Gasteiger partial charge is 0.481 e. The number of rotatable bonds is 4. The van der Waals surface area contributed by atoms with Crippen LogP contribution in [0, 0.1) is 11.3 Å². The lowest BCUT2D eigenvalue weighted by Gasteiger charge is -2.22. The summed E-state index contributed by atoms with van der Waals surface area (Å²) < 4.78 is 5.62. The van der Waals surface area contributed by atoms with Gasteiger partial charge in [-0.3, -0.25) is 4.79 Å². The summed E-state index contributed by atoms with van der Waals surface area (Å²) in [5.74, 6) is 0.432. The molecule has 0 heterocycles. The number of nitrogens with zero attached hydrogens (tertiary/aromatic N) is 2. The van der Waals surface area contributed by atoms with E-state index in [4.69, 9.17) is 10.00 Å². The highest BCUT2D eigenvalue weighted by Crippen LogP contribution is 2.17. The molecule has 0 unspecified atom stereocenters. The molecular formula is C17H16N2O2. The molecule has 21 heavy (non-hydrogen) atoms. The van der Waals surface area contributed by atoms with Crippen LogP contribution in [0.25, 0.3) is 0 Å². The lowest BCUT2D eigenvalue weighted by molar-refractivity contribution is -0.124. The number of anilines is 1. The van der Waals surface area contributed by atoms with Gasteiger partial charge in [0, 0.05) is 12.7 Å². The van der Waals surface area contributed by atoms with Gasteiger partial charge in [-0.2, -0.15) is 5.26 Å². The van der Waals surface area contributed by atoms with Crippen molar-refractivity contribution < 1.29 is 9.53 Å². The zero-order valence-electron chi connectivity index (χ0n) is 12.0. The van der Waals surface area contributed by atoms with Crippen molar-refractivity contribution in [1.29, 1.82) is 5.26 Å². The van der Waals surface area contributed by atoms with Gasteiger partial charge < -0.3 is 9.64 Å².